The van der Waals surface area contributed by atoms with Crippen LogP contribution in [0.1, 0.15) is 35.4 Å². The molecule has 1 aromatic heterocycles. The van der Waals surface area contributed by atoms with Crippen molar-refractivity contribution in [2.24, 2.45) is 0 Å². The molecule has 2 heterocycles. The summed E-state index contributed by atoms with van der Waals surface area (Å²) in [5.41, 5.74) is 3.19. The lowest BCUT2D eigenvalue weighted by molar-refractivity contribution is -0.115. The number of fused-ring (bicyclic) bond motifs is 3. The highest BCUT2D eigenvalue weighted by Gasteiger charge is 2.14. The third-order valence-electron chi connectivity index (χ3n) is 4.89. The molecule has 28 heavy (non-hydrogen) atoms. The van der Waals surface area contributed by atoms with Crippen molar-refractivity contribution in [3.63, 3.8) is 0 Å². The Morgan fingerprint density at radius 1 is 1.11 bits per heavy atom. The van der Waals surface area contributed by atoms with Crippen LogP contribution in [0.15, 0.2) is 46.9 Å². The Labute approximate surface area is 171 Å². The molecule has 1 aliphatic heterocycles. The Morgan fingerprint density at radius 2 is 2.00 bits per heavy atom. The lowest BCUT2D eigenvalue weighted by Gasteiger charge is -2.08. The molecule has 0 spiro atoms. The molecule has 1 aliphatic rings. The topological polar surface area (TPSA) is 76.0 Å². The van der Waals surface area contributed by atoms with Gasteiger partial charge < -0.3 is 15.2 Å². The molecule has 6 nitrogen and oxygen atoms in total. The van der Waals surface area contributed by atoms with E-state index in [4.69, 9.17) is 4.98 Å². The van der Waals surface area contributed by atoms with Crippen LogP contribution < -0.4 is 10.6 Å². The largest absolute Gasteiger partial charge is 0.343 e. The van der Waals surface area contributed by atoms with Gasteiger partial charge in [0.1, 0.15) is 5.82 Å². The van der Waals surface area contributed by atoms with Gasteiger partial charge >= 0.3 is 0 Å². The third kappa shape index (κ3) is 4.09. The van der Waals surface area contributed by atoms with E-state index in [1.54, 1.807) is 18.2 Å². The summed E-state index contributed by atoms with van der Waals surface area (Å²) in [4.78, 5) is 29.1. The number of hydrogen-bond donors (Lipinski definition) is 2. The van der Waals surface area contributed by atoms with E-state index in [0.29, 0.717) is 11.3 Å². The van der Waals surface area contributed by atoms with E-state index in [-0.39, 0.29) is 18.4 Å². The third-order valence-corrected chi connectivity index (χ3v) is 5.38. The fourth-order valence-corrected chi connectivity index (χ4v) is 3.92. The minimum atomic E-state index is -0.287. The maximum atomic E-state index is 12.2. The molecule has 0 unspecified atom stereocenters. The number of rotatable bonds is 4. The zero-order chi connectivity index (χ0) is 19.5. The molecule has 2 aromatic carbocycles. The van der Waals surface area contributed by atoms with Gasteiger partial charge in [-0.25, -0.2) is 4.98 Å². The number of nitrogens with zero attached hydrogens (tertiary/aromatic N) is 2. The standard InChI is InChI=1S/C21H21BrN4O2/c22-15-6-4-5-14(11-15)21(28)23-13-20(27)24-16-8-9-18-17(12-16)25-19-7-2-1-3-10-26(18)19/h4-6,8-9,11-12H,1-3,7,10,13H2,(H,23,28)(H,24,27). The molecule has 2 N–H and O–H groups in total. The normalized spacial score (nSPS) is 13.6. The summed E-state index contributed by atoms with van der Waals surface area (Å²) >= 11 is 3.33. The highest BCUT2D eigenvalue weighted by atomic mass is 79.9. The molecule has 0 radical (unpaired) electrons. The maximum absolute atomic E-state index is 12.2. The van der Waals surface area contributed by atoms with Crippen molar-refractivity contribution in [3.05, 3.63) is 58.3 Å². The predicted molar refractivity (Wildman–Crippen MR) is 112 cm³/mol. The van der Waals surface area contributed by atoms with Gasteiger partial charge in [0, 0.05) is 28.7 Å². The van der Waals surface area contributed by atoms with E-state index in [0.717, 1.165) is 34.3 Å². The van der Waals surface area contributed by atoms with Gasteiger partial charge in [0.15, 0.2) is 0 Å². The Hall–Kier alpha value is -2.67. The van der Waals surface area contributed by atoms with Crippen molar-refractivity contribution in [2.75, 3.05) is 11.9 Å². The summed E-state index contributed by atoms with van der Waals surface area (Å²) in [7, 11) is 0. The first-order valence-corrected chi connectivity index (χ1v) is 10.2. The van der Waals surface area contributed by atoms with Gasteiger partial charge in [-0.3, -0.25) is 9.59 Å². The maximum Gasteiger partial charge on any atom is 0.251 e. The lowest BCUT2D eigenvalue weighted by atomic mass is 10.2. The number of aryl methyl sites for hydroxylation is 2. The second kappa shape index (κ2) is 8.14. The fourth-order valence-electron chi connectivity index (χ4n) is 3.53. The molecule has 3 aromatic rings. The van der Waals surface area contributed by atoms with E-state index in [2.05, 4.69) is 31.1 Å². The minimum Gasteiger partial charge on any atom is -0.343 e. The molecule has 0 atom stereocenters. The van der Waals surface area contributed by atoms with Crippen molar-refractivity contribution in [1.29, 1.82) is 0 Å². The Bertz CT molecular complexity index is 1040. The van der Waals surface area contributed by atoms with Crippen LogP contribution in [0.5, 0.6) is 0 Å². The summed E-state index contributed by atoms with van der Waals surface area (Å²) in [6, 6.07) is 12.8. The van der Waals surface area contributed by atoms with Gasteiger partial charge in [0.2, 0.25) is 5.91 Å². The average Bonchev–Trinajstić information content (AvgIpc) is 2.86. The summed E-state index contributed by atoms with van der Waals surface area (Å²) in [6.07, 6.45) is 4.59. The molecule has 144 valence electrons. The molecule has 0 saturated heterocycles. The second-order valence-corrected chi connectivity index (χ2v) is 7.85. The number of aromatic nitrogens is 2. The molecule has 0 aliphatic carbocycles. The Kier molecular flexibility index (Phi) is 5.43. The number of hydrogen-bond acceptors (Lipinski definition) is 3. The minimum absolute atomic E-state index is 0.0942. The number of nitrogens with one attached hydrogen (secondary N) is 2. The first-order chi connectivity index (χ1) is 13.6. The van der Waals surface area contributed by atoms with Gasteiger partial charge in [-0.15, -0.1) is 0 Å². The van der Waals surface area contributed by atoms with Gasteiger partial charge in [0.25, 0.3) is 5.91 Å². The molecule has 0 fully saturated rings. The summed E-state index contributed by atoms with van der Waals surface area (Å²) in [5.74, 6) is 0.561. The SMILES string of the molecule is O=C(CNC(=O)c1cccc(Br)c1)Nc1ccc2c(c1)nc1n2CCCCC1. The number of benzene rings is 2. The van der Waals surface area contributed by atoms with Crippen LogP contribution in [0.3, 0.4) is 0 Å². The van der Waals surface area contributed by atoms with E-state index >= 15 is 0 Å². The molecule has 2 amide bonds. The van der Waals surface area contributed by atoms with E-state index < -0.39 is 0 Å². The van der Waals surface area contributed by atoms with Crippen LogP contribution in [0.2, 0.25) is 0 Å². The first kappa shape index (κ1) is 18.7. The van der Waals surface area contributed by atoms with Gasteiger partial charge in [-0.1, -0.05) is 28.4 Å². The molecule has 0 saturated carbocycles. The van der Waals surface area contributed by atoms with E-state index in [1.165, 1.54) is 19.3 Å². The van der Waals surface area contributed by atoms with Crippen LogP contribution in [0.25, 0.3) is 11.0 Å². The summed E-state index contributed by atoms with van der Waals surface area (Å²) in [6.45, 7) is 0.905. The number of halogens is 1. The number of imidazole rings is 1. The zero-order valence-electron chi connectivity index (χ0n) is 15.4. The molecule has 0 bridgehead atoms. The fraction of sp³-hybridized carbons (Fsp3) is 0.286. The van der Waals surface area contributed by atoms with Crippen LogP contribution in [0.4, 0.5) is 5.69 Å². The van der Waals surface area contributed by atoms with Crippen molar-refractivity contribution in [1.82, 2.24) is 14.9 Å². The lowest BCUT2D eigenvalue weighted by Crippen LogP contribution is -2.32. The smallest absolute Gasteiger partial charge is 0.251 e. The summed E-state index contributed by atoms with van der Waals surface area (Å²) < 4.78 is 3.10. The van der Waals surface area contributed by atoms with E-state index in [1.807, 2.05) is 24.3 Å². The summed E-state index contributed by atoms with van der Waals surface area (Å²) in [5, 5.41) is 5.47. The van der Waals surface area contributed by atoms with Crippen LogP contribution >= 0.6 is 15.9 Å². The number of amides is 2. The van der Waals surface area contributed by atoms with Gasteiger partial charge in [-0.05, 0) is 49.2 Å². The second-order valence-electron chi connectivity index (χ2n) is 6.94. The van der Waals surface area contributed by atoms with Crippen molar-refractivity contribution >= 4 is 44.5 Å². The van der Waals surface area contributed by atoms with Crippen LogP contribution in [-0.2, 0) is 17.8 Å². The number of anilines is 1. The molecule has 7 heteroatoms. The predicted octanol–water partition coefficient (Wildman–Crippen LogP) is 3.89. The Morgan fingerprint density at radius 3 is 2.86 bits per heavy atom. The van der Waals surface area contributed by atoms with Crippen LogP contribution in [0, 0.1) is 0 Å². The average molecular weight is 441 g/mol. The quantitative estimate of drug-likeness (QED) is 0.645. The molecule has 4 rings (SSSR count). The number of carbonyl (C=O) groups excluding carboxylic acids is 2. The van der Waals surface area contributed by atoms with Gasteiger partial charge in [0.05, 0.1) is 17.6 Å². The van der Waals surface area contributed by atoms with Crippen LogP contribution in [-0.4, -0.2) is 27.9 Å². The molecular weight excluding hydrogens is 420 g/mol. The van der Waals surface area contributed by atoms with Crippen molar-refractivity contribution in [2.45, 2.75) is 32.2 Å². The van der Waals surface area contributed by atoms with Crippen molar-refractivity contribution < 1.29 is 9.59 Å². The zero-order valence-corrected chi connectivity index (χ0v) is 17.0. The Balaban J connectivity index is 1.40. The van der Waals surface area contributed by atoms with Crippen molar-refractivity contribution in [3.8, 4) is 0 Å². The van der Waals surface area contributed by atoms with E-state index in [9.17, 15) is 9.59 Å². The number of carbonyl (C=O) groups is 2. The highest BCUT2D eigenvalue weighted by Crippen LogP contribution is 2.24. The molecular formula is C21H21BrN4O2. The van der Waals surface area contributed by atoms with Gasteiger partial charge in [-0.2, -0.15) is 0 Å². The first-order valence-electron chi connectivity index (χ1n) is 9.43. The monoisotopic (exact) mass is 440 g/mol. The highest BCUT2D eigenvalue weighted by molar-refractivity contribution is 9.10.